The maximum absolute atomic E-state index is 11.7. The van der Waals surface area contributed by atoms with Gasteiger partial charge in [-0.2, -0.15) is 5.10 Å². The summed E-state index contributed by atoms with van der Waals surface area (Å²) in [5.74, 6) is -0.181. The molecule has 20 heavy (non-hydrogen) atoms. The molecule has 1 amide bonds. The van der Waals surface area contributed by atoms with Crippen LogP contribution in [0.2, 0.25) is 0 Å². The number of piperazine rings is 1. The zero-order chi connectivity index (χ0) is 14.4. The Bertz CT molecular complexity index is 424. The first kappa shape index (κ1) is 14.8. The predicted octanol–water partition coefficient (Wildman–Crippen LogP) is -0.251. The molecule has 7 heteroatoms. The Morgan fingerprint density at radius 2 is 2.15 bits per heavy atom. The molecule has 0 aromatic carbocycles. The molecule has 1 aromatic heterocycles. The molecule has 0 radical (unpaired) electrons. The Hall–Kier alpha value is -1.60. The second-order valence-corrected chi connectivity index (χ2v) is 5.31. The maximum Gasteiger partial charge on any atom is 0.271 e. The third kappa shape index (κ3) is 4.21. The van der Waals surface area contributed by atoms with E-state index in [-0.39, 0.29) is 5.91 Å². The monoisotopic (exact) mass is 280 g/mol. The highest BCUT2D eigenvalue weighted by molar-refractivity contribution is 5.96. The van der Waals surface area contributed by atoms with Crippen molar-refractivity contribution in [2.75, 3.05) is 52.0 Å². The number of carbonyl (C=O) groups excluding carboxylic acids is 1. The van der Waals surface area contributed by atoms with Gasteiger partial charge in [0.2, 0.25) is 0 Å². The molecule has 0 unspecified atom stereocenters. The highest BCUT2D eigenvalue weighted by Gasteiger charge is 2.13. The fourth-order valence-corrected chi connectivity index (χ4v) is 2.30. The van der Waals surface area contributed by atoms with Gasteiger partial charge in [-0.15, -0.1) is 0 Å². The van der Waals surface area contributed by atoms with Crippen molar-refractivity contribution in [2.45, 2.75) is 12.8 Å². The van der Waals surface area contributed by atoms with Gasteiger partial charge in [0.15, 0.2) is 0 Å². The minimum absolute atomic E-state index is 0.181. The minimum atomic E-state index is -0.181. The van der Waals surface area contributed by atoms with E-state index >= 15 is 0 Å². The quantitative estimate of drug-likeness (QED) is 0.625. The molecule has 1 saturated heterocycles. The molecule has 0 bridgehead atoms. The molecule has 1 aliphatic heterocycles. The summed E-state index contributed by atoms with van der Waals surface area (Å²) in [4.78, 5) is 16.6. The Kier molecular flexibility index (Phi) is 5.37. The van der Waals surface area contributed by atoms with Crippen LogP contribution >= 0.6 is 0 Å². The first-order valence-corrected chi connectivity index (χ1v) is 7.15. The summed E-state index contributed by atoms with van der Waals surface area (Å²) in [7, 11) is 2.16. The lowest BCUT2D eigenvalue weighted by Gasteiger charge is -2.32. The van der Waals surface area contributed by atoms with Crippen molar-refractivity contribution in [1.29, 1.82) is 0 Å². The molecular formula is C13H24N6O. The maximum atomic E-state index is 11.7. The molecule has 4 N–H and O–H groups in total. The van der Waals surface area contributed by atoms with Gasteiger partial charge < -0.3 is 20.9 Å². The SMILES string of the molecule is CN1CCN(CCCCNC(=O)c2[nH]ncc2N)CC1. The predicted molar refractivity (Wildman–Crippen MR) is 78.5 cm³/mol. The number of nitrogens with zero attached hydrogens (tertiary/aromatic N) is 3. The Morgan fingerprint density at radius 3 is 2.80 bits per heavy atom. The molecular weight excluding hydrogens is 256 g/mol. The lowest BCUT2D eigenvalue weighted by molar-refractivity contribution is 0.0947. The molecule has 0 atom stereocenters. The molecule has 2 rings (SSSR count). The largest absolute Gasteiger partial charge is 0.396 e. The number of nitrogen functional groups attached to an aromatic ring is 1. The third-order valence-corrected chi connectivity index (χ3v) is 3.68. The van der Waals surface area contributed by atoms with Gasteiger partial charge in [0, 0.05) is 32.7 Å². The number of hydrogen-bond acceptors (Lipinski definition) is 5. The number of nitrogens with one attached hydrogen (secondary N) is 2. The van der Waals surface area contributed by atoms with E-state index < -0.39 is 0 Å². The number of nitrogens with two attached hydrogens (primary N) is 1. The van der Waals surface area contributed by atoms with Crippen molar-refractivity contribution in [3.05, 3.63) is 11.9 Å². The summed E-state index contributed by atoms with van der Waals surface area (Å²) in [5.41, 5.74) is 6.36. The third-order valence-electron chi connectivity index (χ3n) is 3.68. The number of carbonyl (C=O) groups is 1. The van der Waals surface area contributed by atoms with E-state index in [9.17, 15) is 4.79 Å². The Labute approximate surface area is 119 Å². The van der Waals surface area contributed by atoms with Crippen molar-refractivity contribution in [3.63, 3.8) is 0 Å². The summed E-state index contributed by atoms with van der Waals surface area (Å²) >= 11 is 0. The average molecular weight is 280 g/mol. The van der Waals surface area contributed by atoms with Crippen LogP contribution in [-0.2, 0) is 0 Å². The zero-order valence-electron chi connectivity index (χ0n) is 12.1. The fraction of sp³-hybridized carbons (Fsp3) is 0.692. The van der Waals surface area contributed by atoms with E-state index in [2.05, 4.69) is 32.4 Å². The Balaban J connectivity index is 1.56. The van der Waals surface area contributed by atoms with E-state index in [0.29, 0.717) is 17.9 Å². The van der Waals surface area contributed by atoms with Crippen LogP contribution in [0.4, 0.5) is 5.69 Å². The number of H-pyrrole nitrogens is 1. The van der Waals surface area contributed by atoms with Crippen LogP contribution in [0.15, 0.2) is 6.20 Å². The molecule has 1 aromatic rings. The molecule has 2 heterocycles. The minimum Gasteiger partial charge on any atom is -0.396 e. The van der Waals surface area contributed by atoms with Crippen LogP contribution in [0.3, 0.4) is 0 Å². The number of hydrogen-bond donors (Lipinski definition) is 3. The van der Waals surface area contributed by atoms with Crippen molar-refractivity contribution < 1.29 is 4.79 Å². The number of anilines is 1. The molecule has 0 aliphatic carbocycles. The van der Waals surface area contributed by atoms with Crippen LogP contribution in [0, 0.1) is 0 Å². The summed E-state index contributed by atoms with van der Waals surface area (Å²) in [6.45, 7) is 6.37. The first-order valence-electron chi connectivity index (χ1n) is 7.15. The summed E-state index contributed by atoms with van der Waals surface area (Å²) < 4.78 is 0. The number of unbranched alkanes of at least 4 members (excludes halogenated alkanes) is 1. The summed E-state index contributed by atoms with van der Waals surface area (Å²) in [6.07, 6.45) is 3.52. The van der Waals surface area contributed by atoms with E-state index in [0.717, 1.165) is 45.6 Å². The second kappa shape index (κ2) is 7.25. The van der Waals surface area contributed by atoms with Crippen molar-refractivity contribution in [2.24, 2.45) is 0 Å². The Morgan fingerprint density at radius 1 is 1.40 bits per heavy atom. The number of rotatable bonds is 6. The van der Waals surface area contributed by atoms with Gasteiger partial charge >= 0.3 is 0 Å². The molecule has 7 nitrogen and oxygen atoms in total. The fourth-order valence-electron chi connectivity index (χ4n) is 2.30. The second-order valence-electron chi connectivity index (χ2n) is 5.31. The normalized spacial score (nSPS) is 17.2. The molecule has 1 aliphatic rings. The van der Waals surface area contributed by atoms with Gasteiger partial charge in [0.05, 0.1) is 11.9 Å². The molecule has 0 saturated carbocycles. The van der Waals surface area contributed by atoms with Crippen LogP contribution < -0.4 is 11.1 Å². The van der Waals surface area contributed by atoms with E-state index in [4.69, 9.17) is 5.73 Å². The van der Waals surface area contributed by atoms with E-state index in [1.807, 2.05) is 0 Å². The summed E-state index contributed by atoms with van der Waals surface area (Å²) in [6, 6.07) is 0. The van der Waals surface area contributed by atoms with Crippen LogP contribution in [0.5, 0.6) is 0 Å². The molecule has 0 spiro atoms. The van der Waals surface area contributed by atoms with E-state index in [1.165, 1.54) is 6.20 Å². The number of aromatic nitrogens is 2. The van der Waals surface area contributed by atoms with Crippen molar-refractivity contribution in [3.8, 4) is 0 Å². The van der Waals surface area contributed by atoms with Gasteiger partial charge in [0.1, 0.15) is 5.69 Å². The number of amides is 1. The highest BCUT2D eigenvalue weighted by Crippen LogP contribution is 2.05. The average Bonchev–Trinajstić information content (AvgIpc) is 2.86. The first-order chi connectivity index (χ1) is 9.66. The highest BCUT2D eigenvalue weighted by atomic mass is 16.1. The topological polar surface area (TPSA) is 90.3 Å². The lowest BCUT2D eigenvalue weighted by atomic mass is 10.2. The van der Waals surface area contributed by atoms with Crippen LogP contribution in [0.1, 0.15) is 23.3 Å². The van der Waals surface area contributed by atoms with Crippen LogP contribution in [0.25, 0.3) is 0 Å². The van der Waals surface area contributed by atoms with Gasteiger partial charge in [-0.05, 0) is 26.4 Å². The van der Waals surface area contributed by atoms with Gasteiger partial charge in [-0.3, -0.25) is 9.89 Å². The van der Waals surface area contributed by atoms with Crippen molar-refractivity contribution in [1.82, 2.24) is 25.3 Å². The molecule has 1 fully saturated rings. The smallest absolute Gasteiger partial charge is 0.271 e. The van der Waals surface area contributed by atoms with Crippen molar-refractivity contribution >= 4 is 11.6 Å². The standard InChI is InChI=1S/C13H24N6O/c1-18-6-8-19(9-7-18)5-3-2-4-15-13(20)12-11(14)10-16-17-12/h10H,2-9,14H2,1H3,(H,15,20)(H,16,17). The summed E-state index contributed by atoms with van der Waals surface area (Å²) in [5, 5.41) is 9.19. The number of aromatic amines is 1. The number of likely N-dealkylation sites (N-methyl/N-ethyl adjacent to an activating group) is 1. The molecule has 112 valence electrons. The van der Waals surface area contributed by atoms with E-state index in [1.54, 1.807) is 0 Å². The lowest BCUT2D eigenvalue weighted by Crippen LogP contribution is -2.44. The van der Waals surface area contributed by atoms with Crippen LogP contribution in [-0.4, -0.2) is 72.2 Å². The van der Waals surface area contributed by atoms with Gasteiger partial charge in [0.25, 0.3) is 5.91 Å². The zero-order valence-corrected chi connectivity index (χ0v) is 12.1. The van der Waals surface area contributed by atoms with Gasteiger partial charge in [-0.1, -0.05) is 0 Å². The van der Waals surface area contributed by atoms with Gasteiger partial charge in [-0.25, -0.2) is 0 Å².